The number of carbonyl (C=O) groups excluding carboxylic acids is 2. The minimum atomic E-state index is -1.07. The normalized spacial score (nSPS) is 12.1. The highest BCUT2D eigenvalue weighted by molar-refractivity contribution is 5.96. The molecule has 1 N–H and O–H groups in total. The van der Waals surface area contributed by atoms with Gasteiger partial charge in [0, 0.05) is 29.5 Å². The number of carbonyl (C=O) groups is 2. The molecular formula is C25H29N3O5. The Labute approximate surface area is 193 Å². The largest absolute Gasteiger partial charge is 0.497 e. The van der Waals surface area contributed by atoms with Gasteiger partial charge in [-0.15, -0.1) is 0 Å². The number of rotatable bonds is 9. The predicted molar refractivity (Wildman–Crippen MR) is 123 cm³/mol. The van der Waals surface area contributed by atoms with E-state index < -0.39 is 18.0 Å². The predicted octanol–water partition coefficient (Wildman–Crippen LogP) is 4.62. The molecule has 0 aliphatic carbocycles. The molecule has 1 aromatic heterocycles. The van der Waals surface area contributed by atoms with Crippen molar-refractivity contribution in [2.24, 2.45) is 0 Å². The van der Waals surface area contributed by atoms with Crippen LogP contribution in [0.25, 0.3) is 0 Å². The number of amides is 1. The lowest BCUT2D eigenvalue weighted by Crippen LogP contribution is -2.25. The smallest absolute Gasteiger partial charge is 0.306 e. The van der Waals surface area contributed by atoms with E-state index in [1.165, 1.54) is 0 Å². The third-order valence-corrected chi connectivity index (χ3v) is 4.86. The third-order valence-electron chi connectivity index (χ3n) is 4.86. The van der Waals surface area contributed by atoms with Gasteiger partial charge in [-0.3, -0.25) is 9.59 Å². The average Bonchev–Trinajstić information content (AvgIpc) is 3.28. The Morgan fingerprint density at radius 3 is 2.36 bits per heavy atom. The summed E-state index contributed by atoms with van der Waals surface area (Å²) >= 11 is 0. The van der Waals surface area contributed by atoms with Gasteiger partial charge in [0.1, 0.15) is 5.75 Å². The van der Waals surface area contributed by atoms with Crippen LogP contribution in [0.5, 0.6) is 5.75 Å². The Bertz CT molecular complexity index is 1060. The monoisotopic (exact) mass is 451 g/mol. The zero-order valence-corrected chi connectivity index (χ0v) is 19.3. The number of aromatic nitrogens is 2. The van der Waals surface area contributed by atoms with Gasteiger partial charge in [0.25, 0.3) is 5.91 Å². The van der Waals surface area contributed by atoms with E-state index in [4.69, 9.17) is 14.0 Å². The van der Waals surface area contributed by atoms with Gasteiger partial charge in [-0.25, -0.2) is 0 Å². The molecule has 1 atom stereocenters. The first kappa shape index (κ1) is 24.0. The van der Waals surface area contributed by atoms with E-state index in [-0.39, 0.29) is 11.8 Å². The SMILES string of the molecule is COc1ccc(NC(=O)C(OC(=O)CCCc2nc(C(C)(C)C)no2)c2ccccc2)cc1. The van der Waals surface area contributed by atoms with Gasteiger partial charge in [0.15, 0.2) is 5.82 Å². The van der Waals surface area contributed by atoms with E-state index in [2.05, 4.69) is 15.5 Å². The molecule has 0 saturated carbocycles. The molecule has 0 fully saturated rings. The number of hydrogen-bond acceptors (Lipinski definition) is 7. The van der Waals surface area contributed by atoms with Crippen LogP contribution in [-0.2, 0) is 26.2 Å². The first-order chi connectivity index (χ1) is 15.8. The van der Waals surface area contributed by atoms with Crippen molar-refractivity contribution < 1.29 is 23.6 Å². The van der Waals surface area contributed by atoms with Crippen molar-refractivity contribution in [1.82, 2.24) is 10.1 Å². The number of aryl methyl sites for hydroxylation is 1. The molecule has 1 heterocycles. The number of ether oxygens (including phenoxy) is 2. The Balaban J connectivity index is 1.60. The van der Waals surface area contributed by atoms with Crippen LogP contribution in [0.15, 0.2) is 59.1 Å². The first-order valence-corrected chi connectivity index (χ1v) is 10.8. The molecule has 33 heavy (non-hydrogen) atoms. The van der Waals surface area contributed by atoms with Crippen LogP contribution < -0.4 is 10.1 Å². The molecular weight excluding hydrogens is 422 g/mol. The minimum absolute atomic E-state index is 0.117. The summed E-state index contributed by atoms with van der Waals surface area (Å²) in [6.45, 7) is 6.00. The Kier molecular flexibility index (Phi) is 7.82. The first-order valence-electron chi connectivity index (χ1n) is 10.8. The molecule has 2 aromatic carbocycles. The van der Waals surface area contributed by atoms with Gasteiger partial charge in [0.2, 0.25) is 12.0 Å². The third kappa shape index (κ3) is 6.90. The summed E-state index contributed by atoms with van der Waals surface area (Å²) < 4.78 is 16.0. The number of anilines is 1. The lowest BCUT2D eigenvalue weighted by atomic mass is 9.96. The summed E-state index contributed by atoms with van der Waals surface area (Å²) in [6, 6.07) is 15.8. The second-order valence-corrected chi connectivity index (χ2v) is 8.61. The van der Waals surface area contributed by atoms with Gasteiger partial charge >= 0.3 is 5.97 Å². The number of nitrogens with zero attached hydrogens (tertiary/aromatic N) is 2. The Morgan fingerprint density at radius 2 is 1.76 bits per heavy atom. The highest BCUT2D eigenvalue weighted by atomic mass is 16.5. The van der Waals surface area contributed by atoms with E-state index in [1.807, 2.05) is 26.8 Å². The van der Waals surface area contributed by atoms with Gasteiger partial charge in [-0.2, -0.15) is 4.98 Å². The Morgan fingerprint density at radius 1 is 1.06 bits per heavy atom. The number of hydrogen-bond donors (Lipinski definition) is 1. The standard InChI is InChI=1S/C25H29N3O5/c1-25(2,3)24-27-20(33-28-24)11-8-12-21(29)32-22(17-9-6-5-7-10-17)23(30)26-18-13-15-19(31-4)16-14-18/h5-7,9-10,13-16,22H,8,11-12H2,1-4H3,(H,26,30). The molecule has 3 aromatic rings. The van der Waals surface area contributed by atoms with Crippen molar-refractivity contribution >= 4 is 17.6 Å². The maximum Gasteiger partial charge on any atom is 0.306 e. The van der Waals surface area contributed by atoms with Gasteiger partial charge in [-0.05, 0) is 30.7 Å². The number of benzene rings is 2. The van der Waals surface area contributed by atoms with Crippen molar-refractivity contribution in [2.45, 2.75) is 51.6 Å². The topological polar surface area (TPSA) is 104 Å². The Hall–Kier alpha value is -3.68. The van der Waals surface area contributed by atoms with Crippen molar-refractivity contribution in [2.75, 3.05) is 12.4 Å². The van der Waals surface area contributed by atoms with Gasteiger partial charge < -0.3 is 19.3 Å². The van der Waals surface area contributed by atoms with Gasteiger partial charge in [0.05, 0.1) is 7.11 Å². The minimum Gasteiger partial charge on any atom is -0.497 e. The van der Waals surface area contributed by atoms with Gasteiger partial charge in [-0.1, -0.05) is 56.3 Å². The van der Waals surface area contributed by atoms with Crippen molar-refractivity contribution in [3.05, 3.63) is 71.9 Å². The van der Waals surface area contributed by atoms with E-state index in [9.17, 15) is 9.59 Å². The fourth-order valence-electron chi connectivity index (χ4n) is 3.02. The summed E-state index contributed by atoms with van der Waals surface area (Å²) in [5.41, 5.74) is 0.952. The van der Waals surface area contributed by atoms with E-state index >= 15 is 0 Å². The molecule has 0 saturated heterocycles. The maximum atomic E-state index is 12.9. The van der Waals surface area contributed by atoms with E-state index in [0.717, 1.165) is 0 Å². The van der Waals surface area contributed by atoms with Crippen molar-refractivity contribution in [1.29, 1.82) is 0 Å². The van der Waals surface area contributed by atoms with Crippen LogP contribution in [0.4, 0.5) is 5.69 Å². The summed E-state index contributed by atoms with van der Waals surface area (Å²) in [6.07, 6.45) is -0.0399. The summed E-state index contributed by atoms with van der Waals surface area (Å²) in [4.78, 5) is 29.8. The molecule has 0 radical (unpaired) electrons. The summed E-state index contributed by atoms with van der Waals surface area (Å²) in [5.74, 6) is 0.856. The maximum absolute atomic E-state index is 12.9. The van der Waals surface area contributed by atoms with Crippen LogP contribution in [-0.4, -0.2) is 29.1 Å². The number of methoxy groups -OCH3 is 1. The lowest BCUT2D eigenvalue weighted by Gasteiger charge is -2.18. The van der Waals surface area contributed by atoms with Crippen LogP contribution >= 0.6 is 0 Å². The second kappa shape index (κ2) is 10.8. The quantitative estimate of drug-likeness (QED) is 0.473. The fourth-order valence-corrected chi connectivity index (χ4v) is 3.02. The molecule has 8 heteroatoms. The van der Waals surface area contributed by atoms with E-state index in [0.29, 0.717) is 41.6 Å². The number of nitrogens with one attached hydrogen (secondary N) is 1. The molecule has 1 amide bonds. The van der Waals surface area contributed by atoms with Crippen LogP contribution in [0.1, 0.15) is 57.0 Å². The van der Waals surface area contributed by atoms with E-state index in [1.54, 1.807) is 55.6 Å². The molecule has 0 aliphatic heterocycles. The molecule has 0 aliphatic rings. The molecule has 3 rings (SSSR count). The van der Waals surface area contributed by atoms with Crippen LogP contribution in [0, 0.1) is 0 Å². The van der Waals surface area contributed by atoms with Crippen LogP contribution in [0.2, 0.25) is 0 Å². The highest BCUT2D eigenvalue weighted by Crippen LogP contribution is 2.23. The molecule has 0 bridgehead atoms. The summed E-state index contributed by atoms with van der Waals surface area (Å²) in [7, 11) is 1.57. The average molecular weight is 452 g/mol. The highest BCUT2D eigenvalue weighted by Gasteiger charge is 2.25. The summed E-state index contributed by atoms with van der Waals surface area (Å²) in [5, 5.41) is 6.78. The van der Waals surface area contributed by atoms with Crippen molar-refractivity contribution in [3.63, 3.8) is 0 Å². The zero-order valence-electron chi connectivity index (χ0n) is 19.3. The van der Waals surface area contributed by atoms with Crippen LogP contribution in [0.3, 0.4) is 0 Å². The molecule has 8 nitrogen and oxygen atoms in total. The lowest BCUT2D eigenvalue weighted by molar-refractivity contribution is -0.154. The number of esters is 1. The zero-order chi connectivity index (χ0) is 23.8. The molecule has 0 spiro atoms. The second-order valence-electron chi connectivity index (χ2n) is 8.61. The molecule has 1 unspecified atom stereocenters. The fraction of sp³-hybridized carbons (Fsp3) is 0.360. The molecule has 174 valence electrons. The van der Waals surface area contributed by atoms with Crippen molar-refractivity contribution in [3.8, 4) is 5.75 Å².